The summed E-state index contributed by atoms with van der Waals surface area (Å²) in [7, 11) is 3.12. The van der Waals surface area contributed by atoms with Crippen molar-refractivity contribution in [3.05, 3.63) is 92.8 Å². The molecule has 8 heteroatoms. The van der Waals surface area contributed by atoms with Gasteiger partial charge in [0, 0.05) is 28.8 Å². The van der Waals surface area contributed by atoms with E-state index >= 15 is 0 Å². The highest BCUT2D eigenvalue weighted by Gasteiger charge is 2.29. The minimum absolute atomic E-state index is 0.278. The van der Waals surface area contributed by atoms with E-state index in [0.29, 0.717) is 23.5 Å². The maximum atomic E-state index is 13.2. The topological polar surface area (TPSA) is 86.6 Å². The average Bonchev–Trinajstić information content (AvgIpc) is 2.80. The maximum Gasteiger partial charge on any atom is 0.251 e. The van der Waals surface area contributed by atoms with E-state index in [9.17, 15) is 14.4 Å². The summed E-state index contributed by atoms with van der Waals surface area (Å²) in [5.41, 5.74) is 0.831. The van der Waals surface area contributed by atoms with Gasteiger partial charge in [0.15, 0.2) is 23.3 Å². The molecule has 3 aromatic rings. The maximum absolute atomic E-state index is 13.2. The number of Topliss-reactive ketones (excluding diaryl/α,β-unsaturated/α-hetero) is 1. The van der Waals surface area contributed by atoms with Crippen molar-refractivity contribution in [2.45, 2.75) is 12.5 Å². The van der Waals surface area contributed by atoms with Crippen molar-refractivity contribution in [3.8, 4) is 11.5 Å². The van der Waals surface area contributed by atoms with Crippen molar-refractivity contribution in [3.63, 3.8) is 0 Å². The van der Waals surface area contributed by atoms with Crippen LogP contribution in [0.4, 0.5) is 0 Å². The zero-order valence-electron chi connectivity index (χ0n) is 17.7. The Labute approximate surface area is 194 Å². The number of amides is 1. The monoisotopic (exact) mass is 498 g/mol. The molecule has 0 aliphatic heterocycles. The lowest BCUT2D eigenvalue weighted by molar-refractivity contribution is -0.123. The van der Waals surface area contributed by atoms with E-state index in [2.05, 4.69) is 21.2 Å². The van der Waals surface area contributed by atoms with Gasteiger partial charge in [-0.2, -0.15) is 0 Å². The van der Waals surface area contributed by atoms with Crippen molar-refractivity contribution in [1.82, 2.24) is 9.88 Å². The SMILES string of the molecule is COc1ccc(CCNC(=O)[C@H](C(=O)c2ccc(Br)cc2)n2ccccc2=O)cc1OC. The van der Waals surface area contributed by atoms with Crippen molar-refractivity contribution < 1.29 is 19.1 Å². The second-order valence-electron chi connectivity index (χ2n) is 6.95. The number of ether oxygens (including phenoxy) is 2. The Kier molecular flexibility index (Phi) is 7.83. The summed E-state index contributed by atoms with van der Waals surface area (Å²) in [5, 5.41) is 2.78. The first-order valence-corrected chi connectivity index (χ1v) is 10.7. The van der Waals surface area contributed by atoms with E-state index in [1.807, 2.05) is 12.1 Å². The number of nitrogens with one attached hydrogen (secondary N) is 1. The minimum Gasteiger partial charge on any atom is -0.493 e. The Morgan fingerprint density at radius 2 is 1.72 bits per heavy atom. The minimum atomic E-state index is -1.31. The largest absolute Gasteiger partial charge is 0.493 e. The number of halogens is 1. The average molecular weight is 499 g/mol. The van der Waals surface area contributed by atoms with Gasteiger partial charge in [0.25, 0.3) is 11.5 Å². The molecular weight excluding hydrogens is 476 g/mol. The van der Waals surface area contributed by atoms with Crippen molar-refractivity contribution in [2.24, 2.45) is 0 Å². The highest BCUT2D eigenvalue weighted by atomic mass is 79.9. The number of carbonyl (C=O) groups is 2. The van der Waals surface area contributed by atoms with Crippen molar-refractivity contribution in [1.29, 1.82) is 0 Å². The van der Waals surface area contributed by atoms with E-state index in [1.54, 1.807) is 56.7 Å². The van der Waals surface area contributed by atoms with Gasteiger partial charge < -0.3 is 14.8 Å². The Morgan fingerprint density at radius 3 is 2.38 bits per heavy atom. The predicted molar refractivity (Wildman–Crippen MR) is 124 cm³/mol. The third-order valence-corrected chi connectivity index (χ3v) is 5.44. The Hall–Kier alpha value is -3.39. The standard InChI is InChI=1S/C24H23BrN2O5/c1-31-19-11-6-16(15-20(19)32-2)12-13-26-24(30)22(27-14-4-3-5-21(27)28)23(29)17-7-9-18(25)10-8-17/h3-11,14-15,22H,12-13H2,1-2H3,(H,26,30)/t22-/m0/s1. The summed E-state index contributed by atoms with van der Waals surface area (Å²) in [4.78, 5) is 38.6. The van der Waals surface area contributed by atoms with Crippen LogP contribution in [-0.2, 0) is 11.2 Å². The fraction of sp³-hybridized carbons (Fsp3) is 0.208. The molecule has 1 N–H and O–H groups in total. The summed E-state index contributed by atoms with van der Waals surface area (Å²) >= 11 is 3.33. The zero-order valence-corrected chi connectivity index (χ0v) is 19.3. The van der Waals surface area contributed by atoms with Gasteiger partial charge in [0.2, 0.25) is 0 Å². The number of aromatic nitrogens is 1. The summed E-state index contributed by atoms with van der Waals surface area (Å²) in [5.74, 6) is 0.195. The van der Waals surface area contributed by atoms with E-state index in [0.717, 1.165) is 14.6 Å². The van der Waals surface area contributed by atoms with Crippen LogP contribution in [0.25, 0.3) is 0 Å². The lowest BCUT2D eigenvalue weighted by atomic mass is 10.0. The second kappa shape index (κ2) is 10.8. The fourth-order valence-electron chi connectivity index (χ4n) is 3.26. The van der Waals surface area contributed by atoms with E-state index in [-0.39, 0.29) is 6.54 Å². The molecule has 0 bridgehead atoms. The molecule has 2 aromatic carbocycles. The molecule has 0 radical (unpaired) electrons. The summed E-state index contributed by atoms with van der Waals surface area (Å²) < 4.78 is 12.5. The summed E-state index contributed by atoms with van der Waals surface area (Å²) in [6, 6.07) is 15.3. The molecule has 0 saturated heterocycles. The zero-order chi connectivity index (χ0) is 23.1. The first kappa shape index (κ1) is 23.3. The number of pyridine rings is 1. The van der Waals surface area contributed by atoms with Gasteiger partial charge >= 0.3 is 0 Å². The Balaban J connectivity index is 1.78. The number of carbonyl (C=O) groups excluding carboxylic acids is 2. The number of benzene rings is 2. The van der Waals surface area contributed by atoms with Crippen LogP contribution in [-0.4, -0.2) is 37.0 Å². The fourth-order valence-corrected chi connectivity index (χ4v) is 3.52. The number of ketones is 1. The molecule has 32 heavy (non-hydrogen) atoms. The third kappa shape index (κ3) is 5.45. The van der Waals surface area contributed by atoms with Gasteiger partial charge in [-0.1, -0.05) is 40.2 Å². The molecule has 0 saturated carbocycles. The van der Waals surface area contributed by atoms with Crippen LogP contribution in [0.3, 0.4) is 0 Å². The quantitative estimate of drug-likeness (QED) is 0.360. The molecule has 166 valence electrons. The van der Waals surface area contributed by atoms with E-state index in [4.69, 9.17) is 9.47 Å². The number of methoxy groups -OCH3 is 2. The predicted octanol–water partition coefficient (Wildman–Crippen LogP) is 3.41. The van der Waals surface area contributed by atoms with Gasteiger partial charge in [-0.3, -0.25) is 19.0 Å². The van der Waals surface area contributed by atoms with Gasteiger partial charge in [0.1, 0.15) is 0 Å². The van der Waals surface area contributed by atoms with E-state index in [1.165, 1.54) is 12.3 Å². The molecule has 0 fully saturated rings. The van der Waals surface area contributed by atoms with Crippen molar-refractivity contribution >= 4 is 27.6 Å². The number of hydrogen-bond donors (Lipinski definition) is 1. The number of nitrogens with zero attached hydrogens (tertiary/aromatic N) is 1. The van der Waals surface area contributed by atoms with E-state index < -0.39 is 23.3 Å². The number of rotatable bonds is 9. The molecule has 1 heterocycles. The first-order valence-electron chi connectivity index (χ1n) is 9.90. The Bertz CT molecular complexity index is 1160. The number of hydrogen-bond acceptors (Lipinski definition) is 5. The van der Waals surface area contributed by atoms with Gasteiger partial charge in [0.05, 0.1) is 14.2 Å². The second-order valence-corrected chi connectivity index (χ2v) is 7.87. The molecule has 0 aliphatic carbocycles. The van der Waals surface area contributed by atoms with Crippen LogP contribution in [0.1, 0.15) is 22.0 Å². The van der Waals surface area contributed by atoms with Crippen LogP contribution in [0, 0.1) is 0 Å². The molecule has 3 rings (SSSR count). The molecule has 0 unspecified atom stereocenters. The molecule has 0 aliphatic rings. The smallest absolute Gasteiger partial charge is 0.251 e. The van der Waals surface area contributed by atoms with Crippen LogP contribution in [0.15, 0.2) is 76.1 Å². The summed E-state index contributed by atoms with van der Waals surface area (Å²) in [6.07, 6.45) is 1.95. The van der Waals surface area contributed by atoms with Crippen LogP contribution in [0.2, 0.25) is 0 Å². The lowest BCUT2D eigenvalue weighted by Crippen LogP contribution is -2.41. The molecule has 0 spiro atoms. The Morgan fingerprint density at radius 1 is 1.00 bits per heavy atom. The van der Waals surface area contributed by atoms with Gasteiger partial charge in [-0.25, -0.2) is 0 Å². The molecular formula is C24H23BrN2O5. The lowest BCUT2D eigenvalue weighted by Gasteiger charge is -2.18. The third-order valence-electron chi connectivity index (χ3n) is 4.92. The normalized spacial score (nSPS) is 11.5. The van der Waals surface area contributed by atoms with Crippen molar-refractivity contribution in [2.75, 3.05) is 20.8 Å². The highest BCUT2D eigenvalue weighted by Crippen LogP contribution is 2.27. The molecule has 1 amide bonds. The first-order chi connectivity index (χ1) is 15.4. The highest BCUT2D eigenvalue weighted by molar-refractivity contribution is 9.10. The molecule has 1 aromatic heterocycles. The molecule has 7 nitrogen and oxygen atoms in total. The molecule has 1 atom stereocenters. The van der Waals surface area contributed by atoms with Crippen LogP contribution in [0.5, 0.6) is 11.5 Å². The van der Waals surface area contributed by atoms with Gasteiger partial charge in [-0.15, -0.1) is 0 Å². The van der Waals surface area contributed by atoms with Crippen LogP contribution >= 0.6 is 15.9 Å². The summed E-state index contributed by atoms with van der Waals surface area (Å²) in [6.45, 7) is 0.278. The van der Waals surface area contributed by atoms with Crippen LogP contribution < -0.4 is 20.3 Å². The van der Waals surface area contributed by atoms with Gasteiger partial charge in [-0.05, 0) is 42.3 Å².